The molecule has 0 aromatic heterocycles. The van der Waals surface area contributed by atoms with Crippen LogP contribution < -0.4 is 5.32 Å². The number of nitrogens with one attached hydrogen (secondary N) is 1. The van der Waals surface area contributed by atoms with Gasteiger partial charge >= 0.3 is 6.09 Å². The molecule has 0 atom stereocenters. The Kier molecular flexibility index (Phi) is 3.20. The van der Waals surface area contributed by atoms with Crippen molar-refractivity contribution in [3.63, 3.8) is 0 Å². The van der Waals surface area contributed by atoms with E-state index in [2.05, 4.69) is 0 Å². The van der Waals surface area contributed by atoms with Crippen LogP contribution in [-0.2, 0) is 0 Å². The van der Waals surface area contributed by atoms with Crippen LogP contribution in [0.5, 0.6) is 0 Å². The van der Waals surface area contributed by atoms with Gasteiger partial charge in [-0.15, -0.1) is 0 Å². The summed E-state index contributed by atoms with van der Waals surface area (Å²) in [7, 11) is 0. The average molecular weight is 224 g/mol. The van der Waals surface area contributed by atoms with Gasteiger partial charge in [0.05, 0.1) is 0 Å². The van der Waals surface area contributed by atoms with E-state index in [-0.39, 0.29) is 31.0 Å². The Bertz CT molecular complexity index is 250. The van der Waals surface area contributed by atoms with Crippen LogP contribution in [0.3, 0.4) is 0 Å². The van der Waals surface area contributed by atoms with E-state index in [0.717, 1.165) is 0 Å². The van der Waals surface area contributed by atoms with Crippen LogP contribution in [0.2, 0.25) is 0 Å². The van der Waals surface area contributed by atoms with Gasteiger partial charge in [-0.05, 0) is 12.2 Å². The molecule has 0 spiro atoms. The van der Waals surface area contributed by atoms with Crippen LogP contribution in [0.25, 0.3) is 0 Å². The van der Waals surface area contributed by atoms with Gasteiger partial charge in [-0.1, -0.05) is 0 Å². The van der Waals surface area contributed by atoms with E-state index < -0.39 is 12.0 Å². The lowest BCUT2D eigenvalue weighted by Crippen LogP contribution is -2.48. The molecule has 0 aliphatic carbocycles. The van der Waals surface area contributed by atoms with E-state index in [0.29, 0.717) is 0 Å². The molecule has 1 rings (SSSR count). The lowest BCUT2D eigenvalue weighted by molar-refractivity contribution is -0.0434. The number of alkyl halides is 2. The van der Waals surface area contributed by atoms with Gasteiger partial charge in [0.1, 0.15) is 0 Å². The Morgan fingerprint density at radius 3 is 2.36 bits per heavy atom. The Morgan fingerprint density at radius 2 is 1.93 bits per heavy atom. The third-order valence-corrected chi connectivity index (χ3v) is 2.36. The summed E-state index contributed by atoms with van der Waals surface area (Å²) in [6.45, 7) is 0.179. The Labute approximate surface area is 84.9 Å². The van der Waals surface area contributed by atoms with E-state index in [9.17, 15) is 13.6 Å². The first-order chi connectivity index (χ1) is 6.41. The van der Waals surface area contributed by atoms with Crippen molar-refractivity contribution in [3.05, 3.63) is 0 Å². The number of carboxylic acid groups (broad SMARTS) is 1. The molecule has 1 saturated heterocycles. The lowest BCUT2D eigenvalue weighted by Gasteiger charge is -2.32. The van der Waals surface area contributed by atoms with Crippen molar-refractivity contribution in [2.75, 3.05) is 13.1 Å². The highest BCUT2D eigenvalue weighted by molar-refractivity contribution is 7.80. The molecular formula is C7H10F2N2O2S. The minimum absolute atomic E-state index is 0.00648. The van der Waals surface area contributed by atoms with E-state index >= 15 is 0 Å². The number of thiocarbonyl (C=S) groups is 1. The van der Waals surface area contributed by atoms with Gasteiger partial charge < -0.3 is 10.0 Å². The number of likely N-dealkylation sites (tertiary alicyclic amines) is 1. The summed E-state index contributed by atoms with van der Waals surface area (Å²) in [5, 5.41) is 10.3. The first-order valence-corrected chi connectivity index (χ1v) is 4.48. The molecule has 1 aliphatic rings. The summed E-state index contributed by atoms with van der Waals surface area (Å²) in [6, 6.07) is 0. The van der Waals surface area contributed by atoms with Crippen molar-refractivity contribution < 1.29 is 18.7 Å². The normalized spacial score (nSPS) is 20.3. The van der Waals surface area contributed by atoms with Crippen molar-refractivity contribution >= 4 is 23.4 Å². The molecule has 0 unspecified atom stereocenters. The fraction of sp³-hybridized carbons (Fsp3) is 0.714. The zero-order valence-electron chi connectivity index (χ0n) is 7.30. The summed E-state index contributed by atoms with van der Waals surface area (Å²) >= 11 is 4.71. The predicted octanol–water partition coefficient (Wildman–Crippen LogP) is 1.27. The smallest absolute Gasteiger partial charge is 0.410 e. The highest BCUT2D eigenvalue weighted by Crippen LogP contribution is 2.27. The van der Waals surface area contributed by atoms with Gasteiger partial charge in [-0.2, -0.15) is 0 Å². The second kappa shape index (κ2) is 4.04. The summed E-state index contributed by atoms with van der Waals surface area (Å²) in [5.74, 6) is -2.64. The molecule has 0 radical (unpaired) electrons. The number of hydrogen-bond acceptors (Lipinski definition) is 2. The standard InChI is InChI=1S/C7H10F2N2O2S/c8-7(9)1-3-11(4-2-7)5(14)10-6(12)13/h1-4H2,(H,10,14)(H,12,13). The maximum Gasteiger partial charge on any atom is 0.410 e. The fourth-order valence-electron chi connectivity index (χ4n) is 1.21. The molecule has 4 nitrogen and oxygen atoms in total. The molecule has 2 N–H and O–H groups in total. The maximum absolute atomic E-state index is 12.7. The third-order valence-electron chi connectivity index (χ3n) is 2.00. The van der Waals surface area contributed by atoms with E-state index in [1.165, 1.54) is 4.90 Å². The van der Waals surface area contributed by atoms with Gasteiger partial charge in [0.25, 0.3) is 5.92 Å². The second-order valence-electron chi connectivity index (χ2n) is 3.08. The second-order valence-corrected chi connectivity index (χ2v) is 3.47. The topological polar surface area (TPSA) is 52.6 Å². The Hall–Kier alpha value is -0.980. The van der Waals surface area contributed by atoms with Gasteiger partial charge in [0.15, 0.2) is 5.11 Å². The first kappa shape index (κ1) is 11.1. The average Bonchev–Trinajstić information content (AvgIpc) is 2.02. The highest BCUT2D eigenvalue weighted by atomic mass is 32.1. The molecule has 0 aromatic rings. The minimum Gasteiger partial charge on any atom is -0.465 e. The van der Waals surface area contributed by atoms with Crippen LogP contribution >= 0.6 is 12.2 Å². The Balaban J connectivity index is 2.42. The van der Waals surface area contributed by atoms with Crippen molar-refractivity contribution in [2.45, 2.75) is 18.8 Å². The molecule has 7 heteroatoms. The van der Waals surface area contributed by atoms with Crippen LogP contribution in [0.15, 0.2) is 0 Å². The van der Waals surface area contributed by atoms with Crippen LogP contribution in [0.1, 0.15) is 12.8 Å². The number of halogens is 2. The number of hydrogen-bond donors (Lipinski definition) is 2. The zero-order valence-corrected chi connectivity index (χ0v) is 8.11. The molecule has 0 saturated carbocycles. The number of carbonyl (C=O) groups is 1. The molecule has 1 heterocycles. The van der Waals surface area contributed by atoms with Crippen LogP contribution in [-0.4, -0.2) is 40.2 Å². The van der Waals surface area contributed by atoms with Crippen LogP contribution in [0.4, 0.5) is 13.6 Å². The minimum atomic E-state index is -2.64. The zero-order chi connectivity index (χ0) is 10.8. The Morgan fingerprint density at radius 1 is 1.43 bits per heavy atom. The molecule has 1 aliphatic heterocycles. The van der Waals surface area contributed by atoms with Crippen molar-refractivity contribution in [3.8, 4) is 0 Å². The van der Waals surface area contributed by atoms with E-state index in [1.807, 2.05) is 5.32 Å². The molecule has 14 heavy (non-hydrogen) atoms. The van der Waals surface area contributed by atoms with Crippen molar-refractivity contribution in [2.24, 2.45) is 0 Å². The molecule has 0 bridgehead atoms. The summed E-state index contributed by atoms with van der Waals surface area (Å²) in [5.41, 5.74) is 0. The maximum atomic E-state index is 12.7. The van der Waals surface area contributed by atoms with Gasteiger partial charge in [-0.25, -0.2) is 13.6 Å². The van der Waals surface area contributed by atoms with Gasteiger partial charge in [0, 0.05) is 25.9 Å². The summed E-state index contributed by atoms with van der Waals surface area (Å²) in [4.78, 5) is 11.6. The number of rotatable bonds is 0. The lowest BCUT2D eigenvalue weighted by atomic mass is 10.1. The molecule has 1 fully saturated rings. The van der Waals surface area contributed by atoms with Crippen LogP contribution in [0, 0.1) is 0 Å². The number of piperidine rings is 1. The summed E-state index contributed by atoms with van der Waals surface area (Å²) in [6.07, 6.45) is -1.84. The predicted molar refractivity (Wildman–Crippen MR) is 49.5 cm³/mol. The third kappa shape index (κ3) is 3.06. The fourth-order valence-corrected chi connectivity index (χ4v) is 1.48. The largest absolute Gasteiger partial charge is 0.465 e. The first-order valence-electron chi connectivity index (χ1n) is 4.07. The molecule has 80 valence electrons. The quantitative estimate of drug-likeness (QED) is 0.608. The van der Waals surface area contributed by atoms with Gasteiger partial charge in [-0.3, -0.25) is 5.32 Å². The van der Waals surface area contributed by atoms with Gasteiger partial charge in [0.2, 0.25) is 0 Å². The summed E-state index contributed by atoms with van der Waals surface area (Å²) < 4.78 is 25.4. The number of amides is 1. The molecular weight excluding hydrogens is 214 g/mol. The van der Waals surface area contributed by atoms with Crippen molar-refractivity contribution in [1.82, 2.24) is 10.2 Å². The molecule has 0 aromatic carbocycles. The SMILES string of the molecule is O=C(O)NC(=S)N1CCC(F)(F)CC1. The number of nitrogens with zero attached hydrogens (tertiary/aromatic N) is 1. The van der Waals surface area contributed by atoms with E-state index in [1.54, 1.807) is 0 Å². The molecule has 1 amide bonds. The monoisotopic (exact) mass is 224 g/mol. The highest BCUT2D eigenvalue weighted by Gasteiger charge is 2.34. The van der Waals surface area contributed by atoms with Crippen molar-refractivity contribution in [1.29, 1.82) is 0 Å². The van der Waals surface area contributed by atoms with E-state index in [4.69, 9.17) is 17.3 Å².